The zero-order valence-corrected chi connectivity index (χ0v) is 15.7. The molecule has 30 heavy (non-hydrogen) atoms. The summed E-state index contributed by atoms with van der Waals surface area (Å²) >= 11 is 0. The summed E-state index contributed by atoms with van der Waals surface area (Å²) in [6.45, 7) is 1.09. The molecule has 0 aliphatic carbocycles. The predicted molar refractivity (Wildman–Crippen MR) is 99.6 cm³/mol. The molecule has 3 aromatic heterocycles. The van der Waals surface area contributed by atoms with Crippen LogP contribution in [0.5, 0.6) is 0 Å². The first-order valence-electron chi connectivity index (χ1n) is 8.82. The van der Waals surface area contributed by atoms with Crippen molar-refractivity contribution in [1.82, 2.24) is 25.0 Å². The molecule has 3 rings (SSSR count). The van der Waals surface area contributed by atoms with Gasteiger partial charge in [0.05, 0.1) is 30.6 Å². The summed E-state index contributed by atoms with van der Waals surface area (Å²) in [6, 6.07) is 5.10. The second kappa shape index (κ2) is 8.73. The number of aliphatic hydroxyl groups excluding tert-OH is 3. The zero-order valence-electron chi connectivity index (χ0n) is 15.7. The van der Waals surface area contributed by atoms with Gasteiger partial charge < -0.3 is 20.6 Å². The van der Waals surface area contributed by atoms with Crippen molar-refractivity contribution in [2.24, 2.45) is 0 Å². The van der Waals surface area contributed by atoms with E-state index in [-0.39, 0.29) is 18.2 Å². The molecule has 0 spiro atoms. The molecule has 12 heteroatoms. The molecule has 0 saturated heterocycles. The summed E-state index contributed by atoms with van der Waals surface area (Å²) in [6.07, 6.45) is -4.50. The molecule has 0 bridgehead atoms. The Morgan fingerprint density at radius 2 is 1.87 bits per heavy atom. The number of nitrogens with one attached hydrogen (secondary N) is 1. The Morgan fingerprint density at radius 3 is 2.57 bits per heavy atom. The summed E-state index contributed by atoms with van der Waals surface area (Å²) < 4.78 is 39.9. The number of hydrogen-bond acceptors (Lipinski definition) is 8. The molecule has 2 atom stereocenters. The van der Waals surface area contributed by atoms with Gasteiger partial charge in [-0.25, -0.2) is 14.6 Å². The third-order valence-corrected chi connectivity index (χ3v) is 4.12. The van der Waals surface area contributed by atoms with Crippen LogP contribution in [0, 0.1) is 6.92 Å². The maximum absolute atomic E-state index is 12.9. The Kier molecular flexibility index (Phi) is 6.29. The van der Waals surface area contributed by atoms with Crippen molar-refractivity contribution in [3.8, 4) is 11.4 Å². The third kappa shape index (κ3) is 5.28. The van der Waals surface area contributed by atoms with E-state index in [9.17, 15) is 23.4 Å². The Morgan fingerprint density at radius 1 is 1.10 bits per heavy atom. The largest absolute Gasteiger partial charge is 0.416 e. The lowest BCUT2D eigenvalue weighted by atomic mass is 10.2. The van der Waals surface area contributed by atoms with E-state index in [0.29, 0.717) is 11.4 Å². The summed E-state index contributed by atoms with van der Waals surface area (Å²) in [4.78, 5) is 8.22. The number of hydrogen-bond donors (Lipinski definition) is 4. The molecular formula is C18H19F3N6O3. The van der Waals surface area contributed by atoms with Gasteiger partial charge in [0.15, 0.2) is 0 Å². The highest BCUT2D eigenvalue weighted by Crippen LogP contribution is 2.30. The van der Waals surface area contributed by atoms with Crippen molar-refractivity contribution in [2.45, 2.75) is 31.9 Å². The van der Waals surface area contributed by atoms with Crippen molar-refractivity contribution < 1.29 is 28.5 Å². The monoisotopic (exact) mass is 424 g/mol. The first kappa shape index (κ1) is 21.6. The maximum Gasteiger partial charge on any atom is 0.416 e. The minimum absolute atomic E-state index is 0.0151. The van der Waals surface area contributed by atoms with E-state index >= 15 is 0 Å². The van der Waals surface area contributed by atoms with Crippen molar-refractivity contribution in [3.63, 3.8) is 0 Å². The highest BCUT2D eigenvalue weighted by atomic mass is 19.4. The van der Waals surface area contributed by atoms with E-state index in [1.807, 2.05) is 0 Å². The second-order valence-electron chi connectivity index (χ2n) is 6.61. The number of aromatic nitrogens is 5. The van der Waals surface area contributed by atoms with Crippen LogP contribution in [-0.4, -0.2) is 59.1 Å². The average Bonchev–Trinajstić information content (AvgIpc) is 3.15. The highest BCUT2D eigenvalue weighted by molar-refractivity contribution is 5.61. The highest BCUT2D eigenvalue weighted by Gasteiger charge is 2.30. The molecule has 4 N–H and O–H groups in total. The van der Waals surface area contributed by atoms with Crippen molar-refractivity contribution in [1.29, 1.82) is 0 Å². The van der Waals surface area contributed by atoms with Gasteiger partial charge in [-0.3, -0.25) is 0 Å². The minimum atomic E-state index is -4.49. The van der Waals surface area contributed by atoms with Crippen molar-refractivity contribution in [2.75, 3.05) is 11.9 Å². The number of halogens is 3. The van der Waals surface area contributed by atoms with Gasteiger partial charge in [0.2, 0.25) is 0 Å². The minimum Gasteiger partial charge on any atom is -0.394 e. The van der Waals surface area contributed by atoms with Gasteiger partial charge in [-0.2, -0.15) is 13.2 Å². The SMILES string of the molecule is Cc1cc(Nc2cc(C(F)(F)F)ccn2)nc(-c2cn(CC(O)C(O)CO)nn2)c1. The normalized spacial score (nSPS) is 13.8. The lowest BCUT2D eigenvalue weighted by Gasteiger charge is -2.14. The van der Waals surface area contributed by atoms with Crippen LogP contribution in [0.4, 0.5) is 24.8 Å². The first-order valence-corrected chi connectivity index (χ1v) is 8.82. The molecule has 0 aliphatic heterocycles. The van der Waals surface area contributed by atoms with Gasteiger partial charge in [0.25, 0.3) is 0 Å². The average molecular weight is 424 g/mol. The Hall–Kier alpha value is -3.09. The Balaban J connectivity index is 1.81. The molecule has 160 valence electrons. The molecule has 2 unspecified atom stereocenters. The first-order chi connectivity index (χ1) is 14.2. The van der Waals surface area contributed by atoms with E-state index in [4.69, 9.17) is 5.11 Å². The molecule has 0 radical (unpaired) electrons. The van der Waals surface area contributed by atoms with Crippen LogP contribution in [0.15, 0.2) is 36.7 Å². The Labute approximate surface area is 168 Å². The van der Waals surface area contributed by atoms with E-state index in [2.05, 4.69) is 25.6 Å². The molecule has 3 heterocycles. The standard InChI is InChI=1S/C18H19F3N6O3/c1-10-4-12(13-7-27(26-25-13)8-14(29)15(30)9-28)23-17(5-10)24-16-6-11(2-3-22-16)18(19,20)21/h2-7,14-15,28-30H,8-9H2,1H3,(H,22,23,24). The number of nitrogens with zero attached hydrogens (tertiary/aromatic N) is 5. The van der Waals surface area contributed by atoms with Gasteiger partial charge in [-0.05, 0) is 36.8 Å². The summed E-state index contributed by atoms with van der Waals surface area (Å²) in [7, 11) is 0. The van der Waals surface area contributed by atoms with Crippen molar-refractivity contribution >= 4 is 11.6 Å². The molecule has 0 aliphatic rings. The van der Waals surface area contributed by atoms with Gasteiger partial charge in [0, 0.05) is 6.20 Å². The lowest BCUT2D eigenvalue weighted by Crippen LogP contribution is -2.33. The molecular weight excluding hydrogens is 405 g/mol. The zero-order chi connectivity index (χ0) is 21.9. The van der Waals surface area contributed by atoms with E-state index in [1.54, 1.807) is 19.1 Å². The van der Waals surface area contributed by atoms with Crippen LogP contribution in [0.3, 0.4) is 0 Å². The number of rotatable bonds is 7. The fourth-order valence-corrected chi connectivity index (χ4v) is 2.61. The fraction of sp³-hybridized carbons (Fsp3) is 0.333. The lowest BCUT2D eigenvalue weighted by molar-refractivity contribution is -0.137. The van der Waals surface area contributed by atoms with Crippen LogP contribution >= 0.6 is 0 Å². The van der Waals surface area contributed by atoms with E-state index in [1.165, 1.54) is 10.9 Å². The van der Waals surface area contributed by atoms with Crippen LogP contribution < -0.4 is 5.32 Å². The van der Waals surface area contributed by atoms with E-state index in [0.717, 1.165) is 23.9 Å². The smallest absolute Gasteiger partial charge is 0.394 e. The van der Waals surface area contributed by atoms with Crippen LogP contribution in [-0.2, 0) is 12.7 Å². The van der Waals surface area contributed by atoms with Gasteiger partial charge in [0.1, 0.15) is 29.5 Å². The van der Waals surface area contributed by atoms with E-state index < -0.39 is 30.6 Å². The quantitative estimate of drug-likeness (QED) is 0.449. The number of alkyl halides is 3. The summed E-state index contributed by atoms with van der Waals surface area (Å²) in [5.41, 5.74) is 0.677. The Bertz CT molecular complexity index is 1010. The molecule has 0 fully saturated rings. The second-order valence-corrected chi connectivity index (χ2v) is 6.61. The summed E-state index contributed by atoms with van der Waals surface area (Å²) in [5, 5.41) is 38.6. The molecule has 0 aromatic carbocycles. The summed E-state index contributed by atoms with van der Waals surface area (Å²) in [5.74, 6) is 0.251. The fourth-order valence-electron chi connectivity index (χ4n) is 2.61. The molecule has 0 amide bonds. The predicted octanol–water partition coefficient (Wildman–Crippen LogP) is 1.52. The molecule has 3 aromatic rings. The van der Waals surface area contributed by atoms with Crippen LogP contribution in [0.25, 0.3) is 11.4 Å². The van der Waals surface area contributed by atoms with Gasteiger partial charge >= 0.3 is 6.18 Å². The molecule has 0 saturated carbocycles. The topological polar surface area (TPSA) is 129 Å². The molecule has 9 nitrogen and oxygen atoms in total. The van der Waals surface area contributed by atoms with Crippen LogP contribution in [0.2, 0.25) is 0 Å². The van der Waals surface area contributed by atoms with Gasteiger partial charge in [-0.1, -0.05) is 5.21 Å². The maximum atomic E-state index is 12.9. The number of pyridine rings is 2. The van der Waals surface area contributed by atoms with Crippen molar-refractivity contribution in [3.05, 3.63) is 47.8 Å². The van der Waals surface area contributed by atoms with Crippen LogP contribution in [0.1, 0.15) is 11.1 Å². The number of aryl methyl sites for hydroxylation is 1. The van der Waals surface area contributed by atoms with Gasteiger partial charge in [-0.15, -0.1) is 5.10 Å². The number of aliphatic hydroxyl groups is 3. The third-order valence-electron chi connectivity index (χ3n) is 4.12. The number of anilines is 2.